The molecular formula is C31H36ClN3O4S. The van der Waals surface area contributed by atoms with E-state index in [4.69, 9.17) is 11.6 Å². The van der Waals surface area contributed by atoms with Gasteiger partial charge in [-0.25, -0.2) is 8.42 Å². The van der Waals surface area contributed by atoms with Crippen molar-refractivity contribution in [2.45, 2.75) is 56.5 Å². The van der Waals surface area contributed by atoms with Crippen molar-refractivity contribution < 1.29 is 18.0 Å². The molecule has 0 aliphatic carbocycles. The minimum atomic E-state index is -3.49. The fraction of sp³-hybridized carbons (Fsp3) is 0.355. The van der Waals surface area contributed by atoms with Crippen LogP contribution in [0.1, 0.15) is 55.3 Å². The minimum absolute atomic E-state index is 0.163. The van der Waals surface area contributed by atoms with Gasteiger partial charge in [0, 0.05) is 37.6 Å². The van der Waals surface area contributed by atoms with Gasteiger partial charge in [0.15, 0.2) is 0 Å². The van der Waals surface area contributed by atoms with Gasteiger partial charge in [0.25, 0.3) is 0 Å². The first-order valence-electron chi connectivity index (χ1n) is 13.7. The van der Waals surface area contributed by atoms with E-state index < -0.39 is 16.1 Å². The maximum Gasteiger partial charge on any atom is 0.247 e. The molecule has 1 atom stereocenters. The van der Waals surface area contributed by atoms with Gasteiger partial charge >= 0.3 is 0 Å². The van der Waals surface area contributed by atoms with Crippen molar-refractivity contribution in [1.82, 2.24) is 14.5 Å². The zero-order valence-electron chi connectivity index (χ0n) is 22.8. The van der Waals surface area contributed by atoms with E-state index in [2.05, 4.69) is 5.32 Å². The van der Waals surface area contributed by atoms with E-state index in [9.17, 15) is 18.0 Å². The first kappa shape index (κ1) is 29.8. The van der Waals surface area contributed by atoms with Crippen LogP contribution in [0.25, 0.3) is 0 Å². The molecule has 212 valence electrons. The molecule has 1 aliphatic rings. The number of amides is 2. The Labute approximate surface area is 242 Å². The summed E-state index contributed by atoms with van der Waals surface area (Å²) in [5, 5.41) is 3.56. The molecule has 0 unspecified atom stereocenters. The van der Waals surface area contributed by atoms with Crippen LogP contribution in [0.2, 0.25) is 5.02 Å². The van der Waals surface area contributed by atoms with Gasteiger partial charge in [0.2, 0.25) is 21.8 Å². The van der Waals surface area contributed by atoms with Crippen LogP contribution in [0.5, 0.6) is 0 Å². The molecule has 1 aliphatic heterocycles. The van der Waals surface area contributed by atoms with Crippen molar-refractivity contribution >= 4 is 33.4 Å². The van der Waals surface area contributed by atoms with Crippen LogP contribution in [0.15, 0.2) is 83.8 Å². The van der Waals surface area contributed by atoms with Gasteiger partial charge in [0.05, 0.1) is 4.90 Å². The monoisotopic (exact) mass is 581 g/mol. The highest BCUT2D eigenvalue weighted by atomic mass is 35.5. The number of benzene rings is 3. The second-order valence-electron chi connectivity index (χ2n) is 10.0. The van der Waals surface area contributed by atoms with E-state index in [0.717, 1.165) is 36.0 Å². The van der Waals surface area contributed by atoms with Crippen molar-refractivity contribution in [3.05, 3.63) is 101 Å². The number of hydrogen-bond acceptors (Lipinski definition) is 4. The molecule has 4 rings (SSSR count). The van der Waals surface area contributed by atoms with Crippen LogP contribution in [0.4, 0.5) is 0 Å². The standard InChI is InChI=1S/C31H36ClN3O4S/c1-2-20-33-31(37)30(26-8-4-3-5-9-26)35(23-25-10-15-27(32)16-11-25)29(36)19-14-24-12-17-28(18-13-24)40(38,39)34-21-6-7-22-34/h3-5,8-13,15-18,30H,2,6-7,14,19-23H2,1H3,(H,33,37)/t30-/m0/s1. The van der Waals surface area contributed by atoms with Gasteiger partial charge < -0.3 is 10.2 Å². The zero-order chi connectivity index (χ0) is 28.5. The van der Waals surface area contributed by atoms with E-state index in [0.29, 0.717) is 31.1 Å². The summed E-state index contributed by atoms with van der Waals surface area (Å²) in [5.74, 6) is -0.406. The quantitative estimate of drug-likeness (QED) is 0.312. The van der Waals surface area contributed by atoms with Crippen LogP contribution < -0.4 is 5.32 Å². The molecule has 0 spiro atoms. The Morgan fingerprint density at radius 1 is 0.925 bits per heavy atom. The summed E-state index contributed by atoms with van der Waals surface area (Å²) in [4.78, 5) is 29.1. The smallest absolute Gasteiger partial charge is 0.247 e. The molecule has 40 heavy (non-hydrogen) atoms. The average Bonchev–Trinajstić information content (AvgIpc) is 3.53. The lowest BCUT2D eigenvalue weighted by molar-refractivity contribution is -0.141. The molecule has 3 aromatic rings. The van der Waals surface area contributed by atoms with E-state index in [1.807, 2.05) is 49.4 Å². The largest absolute Gasteiger partial charge is 0.354 e. The lowest BCUT2D eigenvalue weighted by Gasteiger charge is -2.32. The molecule has 1 saturated heterocycles. The van der Waals surface area contributed by atoms with Crippen LogP contribution in [0, 0.1) is 0 Å². The molecule has 7 nitrogen and oxygen atoms in total. The third-order valence-corrected chi connectivity index (χ3v) is 9.23. The molecule has 1 heterocycles. The third-order valence-electron chi connectivity index (χ3n) is 7.06. The van der Waals surface area contributed by atoms with Crippen LogP contribution in [-0.4, -0.2) is 49.1 Å². The number of aryl methyl sites for hydroxylation is 1. The summed E-state index contributed by atoms with van der Waals surface area (Å²) >= 11 is 6.09. The Morgan fingerprint density at radius 3 is 2.17 bits per heavy atom. The molecule has 0 bridgehead atoms. The Bertz CT molecular complexity index is 1370. The molecular weight excluding hydrogens is 546 g/mol. The van der Waals surface area contributed by atoms with E-state index in [1.165, 1.54) is 4.31 Å². The molecule has 0 radical (unpaired) electrons. The Balaban J connectivity index is 1.55. The predicted octanol–water partition coefficient (Wildman–Crippen LogP) is 5.35. The van der Waals surface area contributed by atoms with Gasteiger partial charge in [-0.05, 0) is 66.6 Å². The molecule has 1 N–H and O–H groups in total. The second-order valence-corrected chi connectivity index (χ2v) is 12.4. The summed E-state index contributed by atoms with van der Waals surface area (Å²) < 4.78 is 27.2. The molecule has 9 heteroatoms. The van der Waals surface area contributed by atoms with Gasteiger partial charge in [-0.3, -0.25) is 9.59 Å². The van der Waals surface area contributed by atoms with Gasteiger partial charge in [-0.1, -0.05) is 73.1 Å². The predicted molar refractivity (Wildman–Crippen MR) is 157 cm³/mol. The minimum Gasteiger partial charge on any atom is -0.354 e. The lowest BCUT2D eigenvalue weighted by Crippen LogP contribution is -2.43. The average molecular weight is 582 g/mol. The maximum absolute atomic E-state index is 13.8. The third kappa shape index (κ3) is 7.50. The molecule has 0 saturated carbocycles. The number of hydrogen-bond donors (Lipinski definition) is 1. The zero-order valence-corrected chi connectivity index (χ0v) is 24.3. The van der Waals surface area contributed by atoms with E-state index in [-0.39, 0.29) is 29.7 Å². The number of carbonyl (C=O) groups excluding carboxylic acids is 2. The molecule has 2 amide bonds. The lowest BCUT2D eigenvalue weighted by atomic mass is 10.0. The number of carbonyl (C=O) groups is 2. The second kappa shape index (κ2) is 13.9. The molecule has 1 fully saturated rings. The Kier molecular flexibility index (Phi) is 10.4. The highest BCUT2D eigenvalue weighted by Gasteiger charge is 2.31. The molecule has 0 aromatic heterocycles. The van der Waals surface area contributed by atoms with Gasteiger partial charge in [-0.2, -0.15) is 4.31 Å². The summed E-state index contributed by atoms with van der Waals surface area (Å²) in [5.41, 5.74) is 2.44. The first-order valence-corrected chi connectivity index (χ1v) is 15.6. The normalized spacial score (nSPS) is 14.6. The SMILES string of the molecule is CCCNC(=O)[C@H](c1ccccc1)N(Cc1ccc(Cl)cc1)C(=O)CCc1ccc(S(=O)(=O)N2CCCC2)cc1. The van der Waals surface area contributed by atoms with Gasteiger partial charge in [0.1, 0.15) is 6.04 Å². The summed E-state index contributed by atoms with van der Waals surface area (Å²) in [6.45, 7) is 3.84. The maximum atomic E-state index is 13.8. The van der Waals surface area contributed by atoms with Crippen LogP contribution in [-0.2, 0) is 32.6 Å². The fourth-order valence-electron chi connectivity index (χ4n) is 4.86. The van der Waals surface area contributed by atoms with Crippen molar-refractivity contribution in [3.63, 3.8) is 0 Å². The van der Waals surface area contributed by atoms with Crippen LogP contribution >= 0.6 is 11.6 Å². The highest BCUT2D eigenvalue weighted by molar-refractivity contribution is 7.89. The Morgan fingerprint density at radius 2 is 1.55 bits per heavy atom. The van der Waals surface area contributed by atoms with Crippen molar-refractivity contribution in [3.8, 4) is 0 Å². The Hall–Kier alpha value is -3.20. The van der Waals surface area contributed by atoms with Crippen molar-refractivity contribution in [1.29, 1.82) is 0 Å². The topological polar surface area (TPSA) is 86.8 Å². The van der Waals surface area contributed by atoms with Crippen LogP contribution in [0.3, 0.4) is 0 Å². The number of halogens is 1. The summed E-state index contributed by atoms with van der Waals surface area (Å²) in [6, 6.07) is 22.5. The number of sulfonamides is 1. The van der Waals surface area contributed by atoms with Gasteiger partial charge in [-0.15, -0.1) is 0 Å². The molecule has 3 aromatic carbocycles. The first-order chi connectivity index (χ1) is 19.3. The van der Waals surface area contributed by atoms with E-state index in [1.54, 1.807) is 41.3 Å². The number of nitrogens with zero attached hydrogens (tertiary/aromatic N) is 2. The van der Waals surface area contributed by atoms with Crippen molar-refractivity contribution in [2.24, 2.45) is 0 Å². The summed E-state index contributed by atoms with van der Waals surface area (Å²) in [7, 11) is -3.49. The number of rotatable bonds is 12. The van der Waals surface area contributed by atoms with E-state index >= 15 is 0 Å². The number of nitrogens with one attached hydrogen (secondary N) is 1. The fourth-order valence-corrected chi connectivity index (χ4v) is 6.51. The highest BCUT2D eigenvalue weighted by Crippen LogP contribution is 2.26. The summed E-state index contributed by atoms with van der Waals surface area (Å²) in [6.07, 6.45) is 3.12. The van der Waals surface area contributed by atoms with Crippen molar-refractivity contribution in [2.75, 3.05) is 19.6 Å².